The molecular weight excluding hydrogens is 432 g/mol. The van der Waals surface area contributed by atoms with Crippen molar-refractivity contribution in [3.63, 3.8) is 0 Å². The number of benzene rings is 2. The van der Waals surface area contributed by atoms with E-state index in [1.807, 2.05) is 30.3 Å². The third-order valence-electron chi connectivity index (χ3n) is 7.88. The second-order valence-corrected chi connectivity index (χ2v) is 9.24. The Kier molecular flexibility index (Phi) is 4.21. The van der Waals surface area contributed by atoms with E-state index in [2.05, 4.69) is 18.2 Å². The van der Waals surface area contributed by atoms with Crippen LogP contribution in [0.3, 0.4) is 0 Å². The van der Waals surface area contributed by atoms with Crippen molar-refractivity contribution in [2.45, 2.75) is 37.1 Å². The van der Waals surface area contributed by atoms with Gasteiger partial charge in [0.05, 0.1) is 24.1 Å². The van der Waals surface area contributed by atoms with Gasteiger partial charge in [-0.15, -0.1) is 0 Å². The van der Waals surface area contributed by atoms with E-state index in [1.54, 1.807) is 18.2 Å². The minimum atomic E-state index is -1.99. The van der Waals surface area contributed by atoms with Gasteiger partial charge in [-0.05, 0) is 42.0 Å². The number of nitrogens with one attached hydrogen (secondary N) is 1. The SMILES string of the molecule is N#CC1(C#N)C(c2ccc3c(c2)OCO3)OC23CCC(c4ccccc4)CC2C1(C#N)C(=N)O3. The van der Waals surface area contributed by atoms with Crippen molar-refractivity contribution in [1.82, 2.24) is 0 Å². The molecule has 6 rings (SSSR count). The van der Waals surface area contributed by atoms with E-state index in [4.69, 9.17) is 24.4 Å². The van der Waals surface area contributed by atoms with E-state index in [1.165, 1.54) is 0 Å². The van der Waals surface area contributed by atoms with E-state index >= 15 is 0 Å². The Morgan fingerprint density at radius 1 is 0.912 bits per heavy atom. The number of hydrogen-bond acceptors (Lipinski definition) is 8. The number of nitrogens with zero attached hydrogens (tertiary/aromatic N) is 3. The molecule has 3 heterocycles. The summed E-state index contributed by atoms with van der Waals surface area (Å²) in [5.41, 5.74) is -2.14. The normalized spacial score (nSPS) is 34.1. The van der Waals surface area contributed by atoms with E-state index in [9.17, 15) is 15.8 Å². The van der Waals surface area contributed by atoms with Crippen molar-refractivity contribution in [1.29, 1.82) is 21.2 Å². The highest BCUT2D eigenvalue weighted by atomic mass is 16.7. The molecule has 8 heteroatoms. The lowest BCUT2D eigenvalue weighted by Gasteiger charge is -2.52. The highest BCUT2D eigenvalue weighted by Gasteiger charge is 2.81. The molecule has 3 aliphatic heterocycles. The minimum Gasteiger partial charge on any atom is -0.454 e. The molecule has 2 bridgehead atoms. The van der Waals surface area contributed by atoms with Crippen molar-refractivity contribution < 1.29 is 18.9 Å². The molecule has 2 aromatic carbocycles. The molecule has 1 aliphatic carbocycles. The second kappa shape index (κ2) is 6.97. The van der Waals surface area contributed by atoms with Gasteiger partial charge in [0.25, 0.3) is 0 Å². The number of fused-ring (bicyclic) bond motifs is 1. The molecule has 4 aliphatic rings. The first-order valence-corrected chi connectivity index (χ1v) is 11.2. The number of hydrogen-bond donors (Lipinski definition) is 1. The average Bonchev–Trinajstić information content (AvgIpc) is 3.42. The summed E-state index contributed by atoms with van der Waals surface area (Å²) in [4.78, 5) is 0. The molecule has 0 amide bonds. The fourth-order valence-electron chi connectivity index (χ4n) is 6.24. The molecule has 1 N–H and O–H groups in total. The maximum atomic E-state index is 10.6. The first kappa shape index (κ1) is 20.5. The Morgan fingerprint density at radius 3 is 2.41 bits per heavy atom. The molecular formula is C26H20N4O4. The quantitative estimate of drug-likeness (QED) is 0.717. The summed E-state index contributed by atoms with van der Waals surface area (Å²) in [6.45, 7) is 0.0781. The van der Waals surface area contributed by atoms with E-state index in [-0.39, 0.29) is 18.6 Å². The van der Waals surface area contributed by atoms with E-state index in [0.29, 0.717) is 29.9 Å². The molecule has 2 aromatic rings. The summed E-state index contributed by atoms with van der Waals surface area (Å²) >= 11 is 0. The highest BCUT2D eigenvalue weighted by Crippen LogP contribution is 2.70. The van der Waals surface area contributed by atoms with Crippen LogP contribution < -0.4 is 9.47 Å². The highest BCUT2D eigenvalue weighted by molar-refractivity contribution is 5.89. The summed E-state index contributed by atoms with van der Waals surface area (Å²) in [5.74, 6) is -1.12. The van der Waals surface area contributed by atoms with Crippen LogP contribution in [0, 0.1) is 56.2 Å². The van der Waals surface area contributed by atoms with Gasteiger partial charge in [0.1, 0.15) is 6.10 Å². The summed E-state index contributed by atoms with van der Waals surface area (Å²) < 4.78 is 23.5. The van der Waals surface area contributed by atoms with Crippen molar-refractivity contribution in [3.8, 4) is 29.7 Å². The second-order valence-electron chi connectivity index (χ2n) is 9.24. The molecule has 5 unspecified atom stereocenters. The smallest absolute Gasteiger partial charge is 0.231 e. The largest absolute Gasteiger partial charge is 0.454 e. The van der Waals surface area contributed by atoms with Crippen LogP contribution >= 0.6 is 0 Å². The van der Waals surface area contributed by atoms with Gasteiger partial charge < -0.3 is 18.9 Å². The average molecular weight is 452 g/mol. The van der Waals surface area contributed by atoms with Gasteiger partial charge in [0.2, 0.25) is 23.9 Å². The molecule has 34 heavy (non-hydrogen) atoms. The number of nitriles is 3. The standard InChI is InChI=1S/C26H20N4O4/c27-12-24(13-28)22(18-6-7-19-20(10-18)32-15-31-19)33-26-9-8-17(16-4-2-1-3-5-16)11-21(26)25(24,14-29)23(30)34-26/h1-7,10,17,21-22,30H,8-9,11,15H2. The molecule has 5 atom stereocenters. The van der Waals surface area contributed by atoms with Crippen LogP contribution in [0.15, 0.2) is 48.5 Å². The van der Waals surface area contributed by atoms with Crippen LogP contribution in [0.1, 0.15) is 42.4 Å². The van der Waals surface area contributed by atoms with Crippen molar-refractivity contribution in [2.24, 2.45) is 16.7 Å². The van der Waals surface area contributed by atoms with Crippen LogP contribution in [-0.4, -0.2) is 18.5 Å². The maximum absolute atomic E-state index is 10.6. The molecule has 2 saturated heterocycles. The first-order valence-electron chi connectivity index (χ1n) is 11.2. The van der Waals surface area contributed by atoms with Crippen LogP contribution in [0.2, 0.25) is 0 Å². The first-order chi connectivity index (χ1) is 16.5. The van der Waals surface area contributed by atoms with Crippen LogP contribution in [0.4, 0.5) is 0 Å². The van der Waals surface area contributed by atoms with Crippen molar-refractivity contribution in [3.05, 3.63) is 59.7 Å². The van der Waals surface area contributed by atoms with Gasteiger partial charge >= 0.3 is 0 Å². The van der Waals surface area contributed by atoms with Gasteiger partial charge in [-0.25, -0.2) is 0 Å². The topological polar surface area (TPSA) is 132 Å². The zero-order chi connectivity index (χ0) is 23.6. The predicted octanol–water partition coefficient (Wildman–Crippen LogP) is 4.32. The third kappa shape index (κ3) is 2.35. The number of rotatable bonds is 2. The van der Waals surface area contributed by atoms with Gasteiger partial charge in [-0.3, -0.25) is 5.41 Å². The molecule has 1 saturated carbocycles. The lowest BCUT2D eigenvalue weighted by molar-refractivity contribution is -0.296. The summed E-state index contributed by atoms with van der Waals surface area (Å²) in [7, 11) is 0. The van der Waals surface area contributed by atoms with Gasteiger partial charge in [0.15, 0.2) is 16.9 Å². The summed E-state index contributed by atoms with van der Waals surface area (Å²) in [6, 6.07) is 21.5. The fraction of sp³-hybridized carbons (Fsp3) is 0.385. The Morgan fingerprint density at radius 2 is 1.68 bits per heavy atom. The lowest BCUT2D eigenvalue weighted by atomic mass is 9.50. The van der Waals surface area contributed by atoms with Crippen LogP contribution in [0.5, 0.6) is 11.5 Å². The Balaban J connectivity index is 1.51. The summed E-state index contributed by atoms with van der Waals surface area (Å²) in [6.07, 6.45) is 0.537. The Bertz CT molecular complexity index is 1310. The van der Waals surface area contributed by atoms with Crippen LogP contribution in [-0.2, 0) is 9.47 Å². The summed E-state index contributed by atoms with van der Waals surface area (Å²) in [5, 5.41) is 40.2. The van der Waals surface area contributed by atoms with Crippen LogP contribution in [0.25, 0.3) is 0 Å². The third-order valence-corrected chi connectivity index (χ3v) is 7.88. The zero-order valence-corrected chi connectivity index (χ0v) is 18.2. The van der Waals surface area contributed by atoms with Gasteiger partial charge in [0, 0.05) is 6.42 Å². The molecule has 8 nitrogen and oxygen atoms in total. The molecule has 168 valence electrons. The van der Waals surface area contributed by atoms with Gasteiger partial charge in [-0.1, -0.05) is 36.4 Å². The maximum Gasteiger partial charge on any atom is 0.231 e. The van der Waals surface area contributed by atoms with Crippen molar-refractivity contribution >= 4 is 5.90 Å². The van der Waals surface area contributed by atoms with Crippen molar-refractivity contribution in [2.75, 3.05) is 6.79 Å². The van der Waals surface area contributed by atoms with E-state index in [0.717, 1.165) is 12.0 Å². The molecule has 0 aromatic heterocycles. The van der Waals surface area contributed by atoms with E-state index < -0.39 is 28.6 Å². The Labute approximate surface area is 196 Å². The van der Waals surface area contributed by atoms with Gasteiger partial charge in [-0.2, -0.15) is 15.8 Å². The Hall–Kier alpha value is -4.06. The number of ether oxygens (including phenoxy) is 4. The zero-order valence-electron chi connectivity index (χ0n) is 18.2. The predicted molar refractivity (Wildman–Crippen MR) is 116 cm³/mol. The molecule has 0 radical (unpaired) electrons. The fourth-order valence-corrected chi connectivity index (χ4v) is 6.24. The molecule has 0 spiro atoms. The molecule has 3 fully saturated rings. The minimum absolute atomic E-state index is 0.0781. The monoisotopic (exact) mass is 452 g/mol. The lowest BCUT2D eigenvalue weighted by Crippen LogP contribution is -2.60.